The Labute approximate surface area is 203 Å². The Balaban J connectivity index is 1.33. The third kappa shape index (κ3) is 3.97. The van der Waals surface area contributed by atoms with E-state index < -0.39 is 23.5 Å². The molecule has 0 radical (unpaired) electrons. The van der Waals surface area contributed by atoms with Gasteiger partial charge in [0, 0.05) is 24.0 Å². The number of hydrogen-bond donors (Lipinski definition) is 3. The second-order valence-corrected chi connectivity index (χ2v) is 8.13. The Kier molecular flexibility index (Phi) is 5.74. The van der Waals surface area contributed by atoms with E-state index >= 15 is 0 Å². The number of aliphatic hydroxyl groups excluding tert-OH is 1. The summed E-state index contributed by atoms with van der Waals surface area (Å²) < 4.78 is 17.2. The smallest absolute Gasteiger partial charge is 0.316 e. The molecule has 186 valence electrons. The van der Waals surface area contributed by atoms with Gasteiger partial charge < -0.3 is 30.2 Å². The summed E-state index contributed by atoms with van der Waals surface area (Å²) in [7, 11) is 1.46. The predicted molar refractivity (Wildman–Crippen MR) is 125 cm³/mol. The summed E-state index contributed by atoms with van der Waals surface area (Å²) >= 11 is 0. The average molecular weight is 494 g/mol. The van der Waals surface area contributed by atoms with Gasteiger partial charge in [0.05, 0.1) is 38.0 Å². The van der Waals surface area contributed by atoms with Crippen LogP contribution in [0, 0.1) is 0 Å². The number of morpholine rings is 1. The molecule has 14 nitrogen and oxygen atoms in total. The molecule has 2 atom stereocenters. The van der Waals surface area contributed by atoms with Gasteiger partial charge in [-0.2, -0.15) is 0 Å². The van der Waals surface area contributed by atoms with Gasteiger partial charge in [0.25, 0.3) is 11.8 Å². The lowest BCUT2D eigenvalue weighted by atomic mass is 9.94. The van der Waals surface area contributed by atoms with Crippen LogP contribution < -0.4 is 20.7 Å². The maximum absolute atomic E-state index is 13.4. The molecule has 0 saturated carbocycles. The molecule has 1 aliphatic heterocycles. The molecular weight excluding hydrogens is 472 g/mol. The number of aromatic nitrogens is 5. The van der Waals surface area contributed by atoms with Gasteiger partial charge >= 0.3 is 6.01 Å². The number of nitrogen functional groups attached to an aromatic ring is 1. The van der Waals surface area contributed by atoms with Crippen LogP contribution in [0.2, 0.25) is 0 Å². The van der Waals surface area contributed by atoms with E-state index in [9.17, 15) is 14.7 Å². The summed E-state index contributed by atoms with van der Waals surface area (Å²) in [4.78, 5) is 35.7. The van der Waals surface area contributed by atoms with Gasteiger partial charge in [0.2, 0.25) is 0 Å². The van der Waals surface area contributed by atoms with E-state index in [1.165, 1.54) is 42.1 Å². The number of ether oxygens (including phenoxy) is 2. The van der Waals surface area contributed by atoms with Crippen LogP contribution >= 0.6 is 0 Å². The molecule has 1 aliphatic rings. The van der Waals surface area contributed by atoms with Gasteiger partial charge in [-0.3, -0.25) is 14.5 Å². The first-order valence-electron chi connectivity index (χ1n) is 10.8. The topological polar surface area (TPSA) is 184 Å². The Morgan fingerprint density at radius 2 is 2.08 bits per heavy atom. The molecule has 36 heavy (non-hydrogen) atoms. The molecule has 4 aromatic rings. The number of carbonyl (C=O) groups excluding carboxylic acids is 2. The zero-order chi connectivity index (χ0) is 25.4. The highest BCUT2D eigenvalue weighted by Crippen LogP contribution is 2.29. The van der Waals surface area contributed by atoms with Crippen LogP contribution in [-0.2, 0) is 14.3 Å². The first kappa shape index (κ1) is 23.2. The number of aliphatic hydroxyl groups is 1. The second kappa shape index (κ2) is 8.90. The second-order valence-electron chi connectivity index (χ2n) is 8.13. The maximum atomic E-state index is 13.4. The van der Waals surface area contributed by atoms with Gasteiger partial charge in [0.1, 0.15) is 5.69 Å². The van der Waals surface area contributed by atoms with E-state index in [4.69, 9.17) is 19.7 Å². The predicted octanol–water partition coefficient (Wildman–Crippen LogP) is 0.516. The highest BCUT2D eigenvalue weighted by atomic mass is 16.5. The Hall–Kier alpha value is -4.56. The molecule has 0 bridgehead atoms. The Morgan fingerprint density at radius 1 is 1.31 bits per heavy atom. The summed E-state index contributed by atoms with van der Waals surface area (Å²) in [6, 6.07) is 6.55. The van der Waals surface area contributed by atoms with E-state index in [1.54, 1.807) is 24.4 Å². The van der Waals surface area contributed by atoms with Crippen molar-refractivity contribution >= 4 is 40.1 Å². The molecule has 1 unspecified atom stereocenters. The monoisotopic (exact) mass is 494 g/mol. The molecule has 4 N–H and O–H groups in total. The fourth-order valence-corrected chi connectivity index (χ4v) is 3.83. The molecule has 2 amide bonds. The molecule has 1 fully saturated rings. The highest BCUT2D eigenvalue weighted by molar-refractivity contribution is 6.06. The van der Waals surface area contributed by atoms with Crippen molar-refractivity contribution in [2.75, 3.05) is 36.2 Å². The fraction of sp³-hybridized carbons (Fsp3) is 0.273. The molecule has 0 aliphatic carbocycles. The molecule has 3 aromatic heterocycles. The molecule has 5 rings (SSSR count). The number of hydrogen-bond acceptors (Lipinski definition) is 11. The first-order valence-corrected chi connectivity index (χ1v) is 10.8. The SMILES string of the molecule is COc1ncc(-n2ccc(N3CCO[C@](C)(C(O)C(=O)Nc4ccc5c(N)noc5c4)C3=O)n2)cn1. The van der Waals surface area contributed by atoms with E-state index in [1.807, 2.05) is 0 Å². The van der Waals surface area contributed by atoms with Crippen LogP contribution in [0.15, 0.2) is 47.4 Å². The van der Waals surface area contributed by atoms with Gasteiger partial charge in [-0.25, -0.2) is 14.6 Å². The van der Waals surface area contributed by atoms with Crippen LogP contribution in [-0.4, -0.2) is 73.8 Å². The van der Waals surface area contributed by atoms with Crippen LogP contribution in [0.5, 0.6) is 6.01 Å². The van der Waals surface area contributed by atoms with Crippen molar-refractivity contribution in [3.63, 3.8) is 0 Å². The number of methoxy groups -OCH3 is 1. The van der Waals surface area contributed by atoms with Crippen molar-refractivity contribution < 1.29 is 28.7 Å². The molecular formula is C22H22N8O6. The van der Waals surface area contributed by atoms with E-state index in [0.29, 0.717) is 28.2 Å². The van der Waals surface area contributed by atoms with Crippen molar-refractivity contribution in [1.82, 2.24) is 24.9 Å². The summed E-state index contributed by atoms with van der Waals surface area (Å²) in [5.41, 5.74) is 5.09. The standard InChI is InChI=1S/C22H22N8O6/c1-22(17(31)19(32)26-12-3-4-14-15(9-12)36-28-18(14)23)20(33)29(7-8-35-22)16-5-6-30(27-16)13-10-24-21(34-2)25-11-13/h3-6,9-11,17,31H,7-8H2,1-2H3,(H2,23,28)(H,26,32)/t17?,22-/m1/s1. The lowest BCUT2D eigenvalue weighted by Crippen LogP contribution is -2.63. The van der Waals surface area contributed by atoms with Crippen LogP contribution in [0.25, 0.3) is 16.7 Å². The van der Waals surface area contributed by atoms with Gasteiger partial charge in [-0.15, -0.1) is 5.10 Å². The molecule has 1 saturated heterocycles. The van der Waals surface area contributed by atoms with Crippen molar-refractivity contribution in [2.45, 2.75) is 18.6 Å². The quantitative estimate of drug-likeness (QED) is 0.339. The number of amides is 2. The van der Waals surface area contributed by atoms with Gasteiger partial charge in [0.15, 0.2) is 28.9 Å². The van der Waals surface area contributed by atoms with Crippen molar-refractivity contribution in [1.29, 1.82) is 0 Å². The number of nitrogens with zero attached hydrogens (tertiary/aromatic N) is 6. The third-order valence-electron chi connectivity index (χ3n) is 5.84. The molecule has 0 spiro atoms. The Bertz CT molecular complexity index is 1430. The minimum Gasteiger partial charge on any atom is -0.467 e. The van der Waals surface area contributed by atoms with E-state index in [2.05, 4.69) is 25.5 Å². The molecule has 1 aromatic carbocycles. The molecule has 4 heterocycles. The number of nitrogens with one attached hydrogen (secondary N) is 1. The van der Waals surface area contributed by atoms with Gasteiger partial charge in [-0.05, 0) is 19.1 Å². The van der Waals surface area contributed by atoms with E-state index in [0.717, 1.165) is 0 Å². The minimum absolute atomic E-state index is 0.0778. The number of carbonyl (C=O) groups is 2. The van der Waals surface area contributed by atoms with Crippen LogP contribution in [0.4, 0.5) is 17.3 Å². The summed E-state index contributed by atoms with van der Waals surface area (Å²) in [5, 5.41) is 22.1. The van der Waals surface area contributed by atoms with Crippen LogP contribution in [0.1, 0.15) is 6.92 Å². The zero-order valence-electron chi connectivity index (χ0n) is 19.3. The van der Waals surface area contributed by atoms with Gasteiger partial charge in [-0.1, -0.05) is 5.16 Å². The number of anilines is 3. The van der Waals surface area contributed by atoms with Crippen molar-refractivity contribution in [3.8, 4) is 11.7 Å². The Morgan fingerprint density at radius 3 is 2.83 bits per heavy atom. The third-order valence-corrected chi connectivity index (χ3v) is 5.84. The molecule has 14 heteroatoms. The highest BCUT2D eigenvalue weighted by Gasteiger charge is 2.51. The lowest BCUT2D eigenvalue weighted by molar-refractivity contribution is -0.170. The minimum atomic E-state index is -1.85. The number of benzene rings is 1. The number of nitrogens with two attached hydrogens (primary N) is 1. The normalized spacial score (nSPS) is 18.9. The number of fused-ring (bicyclic) bond motifs is 1. The van der Waals surface area contributed by atoms with E-state index in [-0.39, 0.29) is 25.0 Å². The summed E-state index contributed by atoms with van der Waals surface area (Å²) in [5.74, 6) is -0.920. The largest absolute Gasteiger partial charge is 0.467 e. The van der Waals surface area contributed by atoms with Crippen molar-refractivity contribution in [3.05, 3.63) is 42.9 Å². The summed E-state index contributed by atoms with van der Waals surface area (Å²) in [6.07, 6.45) is 2.86. The maximum Gasteiger partial charge on any atom is 0.316 e. The first-order chi connectivity index (χ1) is 17.3. The zero-order valence-corrected chi connectivity index (χ0v) is 19.3. The fourth-order valence-electron chi connectivity index (χ4n) is 3.83. The van der Waals surface area contributed by atoms with Crippen LogP contribution in [0.3, 0.4) is 0 Å². The number of rotatable bonds is 6. The lowest BCUT2D eigenvalue weighted by Gasteiger charge is -2.40. The van der Waals surface area contributed by atoms with Crippen molar-refractivity contribution in [2.24, 2.45) is 0 Å². The average Bonchev–Trinajstić information content (AvgIpc) is 3.52. The summed E-state index contributed by atoms with van der Waals surface area (Å²) in [6.45, 7) is 1.62.